The molecule has 0 fully saturated rings. The third-order valence-corrected chi connectivity index (χ3v) is 3.29. The minimum Gasteiger partial charge on any atom is -0.460 e. The number of ether oxygens (including phenoxy) is 1. The van der Waals surface area contributed by atoms with Gasteiger partial charge in [0.2, 0.25) is 5.91 Å². The van der Waals surface area contributed by atoms with Gasteiger partial charge in [0, 0.05) is 23.3 Å². The highest BCUT2D eigenvalue weighted by Crippen LogP contribution is 2.10. The third kappa shape index (κ3) is 7.80. The quantitative estimate of drug-likeness (QED) is 0.545. The minimum absolute atomic E-state index is 0.00581. The van der Waals surface area contributed by atoms with E-state index in [-0.39, 0.29) is 12.5 Å². The predicted molar refractivity (Wildman–Crippen MR) is 84.0 cm³/mol. The number of carbonyl (C=O) groups is 2. The number of carbonyl (C=O) groups excluding carboxylic acids is 2. The molecule has 0 bridgehead atoms. The van der Waals surface area contributed by atoms with Crippen LogP contribution in [0.3, 0.4) is 0 Å². The number of amides is 1. The lowest BCUT2D eigenvalue weighted by Crippen LogP contribution is -2.27. The van der Waals surface area contributed by atoms with Gasteiger partial charge in [-0.25, -0.2) is 4.79 Å². The number of hydrogen-bond donors (Lipinski definition) is 1. The van der Waals surface area contributed by atoms with E-state index in [0.717, 1.165) is 30.2 Å². The predicted octanol–water partition coefficient (Wildman–Crippen LogP) is 3.09. The van der Waals surface area contributed by atoms with Gasteiger partial charge in [-0.05, 0) is 28.4 Å². The first-order chi connectivity index (χ1) is 10.1. The highest BCUT2D eigenvalue weighted by molar-refractivity contribution is 9.10. The first-order valence-corrected chi connectivity index (χ1v) is 7.97. The summed E-state index contributed by atoms with van der Waals surface area (Å²) in [5, 5.41) is 2.74. The molecule has 0 aliphatic carbocycles. The van der Waals surface area contributed by atoms with Gasteiger partial charge in [-0.3, -0.25) is 9.78 Å². The highest BCUT2D eigenvalue weighted by atomic mass is 79.9. The maximum absolute atomic E-state index is 11.7. The molecule has 21 heavy (non-hydrogen) atoms. The van der Waals surface area contributed by atoms with Crippen molar-refractivity contribution in [1.82, 2.24) is 10.3 Å². The van der Waals surface area contributed by atoms with Crippen LogP contribution in [-0.2, 0) is 9.53 Å². The molecule has 0 spiro atoms. The fourth-order valence-corrected chi connectivity index (χ4v) is 2.11. The van der Waals surface area contributed by atoms with Gasteiger partial charge < -0.3 is 10.1 Å². The van der Waals surface area contributed by atoms with Crippen molar-refractivity contribution in [3.63, 3.8) is 0 Å². The molecule has 1 heterocycles. The van der Waals surface area contributed by atoms with Gasteiger partial charge in [-0.15, -0.1) is 0 Å². The van der Waals surface area contributed by atoms with Gasteiger partial charge in [-0.2, -0.15) is 0 Å². The molecule has 6 heteroatoms. The summed E-state index contributed by atoms with van der Waals surface area (Å²) in [5.74, 6) is -0.438. The Balaban J connectivity index is 2.13. The molecular weight excluding hydrogens is 336 g/mol. The largest absolute Gasteiger partial charge is 0.460 e. The summed E-state index contributed by atoms with van der Waals surface area (Å²) >= 11 is 3.24. The van der Waals surface area contributed by atoms with Crippen LogP contribution in [0, 0.1) is 0 Å². The molecule has 0 saturated heterocycles. The zero-order valence-electron chi connectivity index (χ0n) is 12.2. The van der Waals surface area contributed by atoms with E-state index in [0.29, 0.717) is 18.5 Å². The van der Waals surface area contributed by atoms with E-state index in [1.165, 1.54) is 6.20 Å². The Kier molecular flexibility index (Phi) is 8.66. The number of hydrogen-bond acceptors (Lipinski definition) is 4. The summed E-state index contributed by atoms with van der Waals surface area (Å²) in [5.41, 5.74) is 0.385. The summed E-state index contributed by atoms with van der Waals surface area (Å²) in [4.78, 5) is 27.1. The summed E-state index contributed by atoms with van der Waals surface area (Å²) < 4.78 is 5.78. The van der Waals surface area contributed by atoms with Gasteiger partial charge in [0.15, 0.2) is 0 Å². The number of nitrogens with one attached hydrogen (secondary N) is 1. The molecule has 1 N–H and O–H groups in total. The van der Waals surface area contributed by atoms with Crippen LogP contribution in [0.1, 0.15) is 49.4 Å². The standard InChI is InChI=1S/C15H21BrN2O3/c1-2-3-4-5-6-14(19)18-7-8-21-15(20)12-9-13(16)11-17-10-12/h9-11H,2-8H2,1H3,(H,18,19). The van der Waals surface area contributed by atoms with Gasteiger partial charge >= 0.3 is 5.97 Å². The number of aromatic nitrogens is 1. The van der Waals surface area contributed by atoms with E-state index in [1.807, 2.05) is 0 Å². The number of nitrogens with zero attached hydrogens (tertiary/aromatic N) is 1. The van der Waals surface area contributed by atoms with Crippen LogP contribution in [0.4, 0.5) is 0 Å². The topological polar surface area (TPSA) is 68.3 Å². The van der Waals surface area contributed by atoms with Crippen molar-refractivity contribution in [2.24, 2.45) is 0 Å². The lowest BCUT2D eigenvalue weighted by Gasteiger charge is -2.07. The van der Waals surface area contributed by atoms with Crippen molar-refractivity contribution in [3.8, 4) is 0 Å². The average molecular weight is 357 g/mol. The molecule has 1 aromatic rings. The van der Waals surface area contributed by atoms with Crippen LogP contribution in [0.5, 0.6) is 0 Å². The zero-order valence-corrected chi connectivity index (χ0v) is 13.8. The molecule has 1 rings (SSSR count). The smallest absolute Gasteiger partial charge is 0.339 e. The van der Waals surface area contributed by atoms with Crippen molar-refractivity contribution in [1.29, 1.82) is 0 Å². The van der Waals surface area contributed by atoms with Crippen LogP contribution in [0.25, 0.3) is 0 Å². The number of unbranched alkanes of at least 4 members (excludes halogenated alkanes) is 3. The first-order valence-electron chi connectivity index (χ1n) is 7.18. The second-order valence-corrected chi connectivity index (χ2v) is 5.60. The highest BCUT2D eigenvalue weighted by Gasteiger charge is 2.08. The lowest BCUT2D eigenvalue weighted by molar-refractivity contribution is -0.121. The molecule has 0 aromatic carbocycles. The van der Waals surface area contributed by atoms with E-state index in [1.54, 1.807) is 12.3 Å². The van der Waals surface area contributed by atoms with E-state index < -0.39 is 5.97 Å². The van der Waals surface area contributed by atoms with Crippen LogP contribution in [0.2, 0.25) is 0 Å². The Hall–Kier alpha value is -1.43. The summed E-state index contributed by atoms with van der Waals surface area (Å²) in [6.07, 6.45) is 7.87. The van der Waals surface area contributed by atoms with Gasteiger partial charge in [0.05, 0.1) is 12.1 Å². The van der Waals surface area contributed by atoms with Crippen molar-refractivity contribution >= 4 is 27.8 Å². The SMILES string of the molecule is CCCCCCC(=O)NCCOC(=O)c1cncc(Br)c1. The fourth-order valence-electron chi connectivity index (χ4n) is 1.74. The molecule has 0 aliphatic rings. The van der Waals surface area contributed by atoms with Crippen LogP contribution in [-0.4, -0.2) is 30.0 Å². The Labute approximate surface area is 133 Å². The van der Waals surface area contributed by atoms with Crippen molar-refractivity contribution < 1.29 is 14.3 Å². The lowest BCUT2D eigenvalue weighted by atomic mass is 10.1. The minimum atomic E-state index is -0.444. The van der Waals surface area contributed by atoms with Crippen molar-refractivity contribution in [2.45, 2.75) is 39.0 Å². The Morgan fingerprint density at radius 2 is 2.10 bits per heavy atom. The first kappa shape index (κ1) is 17.6. The molecule has 1 aromatic heterocycles. The molecular formula is C15H21BrN2O3. The molecule has 0 atom stereocenters. The molecule has 0 unspecified atom stereocenters. The normalized spacial score (nSPS) is 10.2. The average Bonchev–Trinajstić information content (AvgIpc) is 2.48. The summed E-state index contributed by atoms with van der Waals surface area (Å²) in [6, 6.07) is 1.64. The van der Waals surface area contributed by atoms with E-state index >= 15 is 0 Å². The number of halogens is 1. The zero-order chi connectivity index (χ0) is 15.5. The Morgan fingerprint density at radius 1 is 1.29 bits per heavy atom. The number of pyridine rings is 1. The van der Waals surface area contributed by atoms with Crippen LogP contribution < -0.4 is 5.32 Å². The van der Waals surface area contributed by atoms with E-state index in [9.17, 15) is 9.59 Å². The Morgan fingerprint density at radius 3 is 2.81 bits per heavy atom. The van der Waals surface area contributed by atoms with Crippen LogP contribution >= 0.6 is 15.9 Å². The molecule has 0 saturated carbocycles. The second kappa shape index (κ2) is 10.3. The third-order valence-electron chi connectivity index (χ3n) is 2.86. The van der Waals surface area contributed by atoms with E-state index in [2.05, 4.69) is 33.2 Å². The van der Waals surface area contributed by atoms with Gasteiger partial charge in [0.25, 0.3) is 0 Å². The molecule has 5 nitrogen and oxygen atoms in total. The molecule has 0 radical (unpaired) electrons. The van der Waals surface area contributed by atoms with E-state index in [4.69, 9.17) is 4.74 Å². The molecule has 0 aliphatic heterocycles. The second-order valence-electron chi connectivity index (χ2n) is 4.69. The van der Waals surface area contributed by atoms with Crippen molar-refractivity contribution in [3.05, 3.63) is 28.5 Å². The molecule has 116 valence electrons. The fraction of sp³-hybridized carbons (Fsp3) is 0.533. The summed E-state index contributed by atoms with van der Waals surface area (Å²) in [6.45, 7) is 2.63. The maximum atomic E-state index is 11.7. The Bertz CT molecular complexity index is 466. The van der Waals surface area contributed by atoms with Gasteiger partial charge in [0.1, 0.15) is 6.61 Å². The van der Waals surface area contributed by atoms with Crippen molar-refractivity contribution in [2.75, 3.05) is 13.2 Å². The monoisotopic (exact) mass is 356 g/mol. The molecule has 1 amide bonds. The van der Waals surface area contributed by atoms with Gasteiger partial charge in [-0.1, -0.05) is 26.2 Å². The van der Waals surface area contributed by atoms with Crippen LogP contribution in [0.15, 0.2) is 22.9 Å². The number of esters is 1. The maximum Gasteiger partial charge on any atom is 0.339 e. The number of rotatable bonds is 9. The summed E-state index contributed by atoms with van der Waals surface area (Å²) in [7, 11) is 0.